The van der Waals surface area contributed by atoms with Crippen LogP contribution < -0.4 is 15.0 Å². The minimum atomic E-state index is -0.689. The lowest BCUT2D eigenvalue weighted by Crippen LogP contribution is -2.53. The first kappa shape index (κ1) is 21.8. The highest BCUT2D eigenvalue weighted by Crippen LogP contribution is 2.33. The van der Waals surface area contributed by atoms with Crippen LogP contribution in [0.1, 0.15) is 54.9 Å². The number of piperidine rings is 1. The van der Waals surface area contributed by atoms with Gasteiger partial charge in [0.05, 0.1) is 26.0 Å². The number of imide groups is 1. The standard InChI is InChI=1S/C31H37N5O5/c37-28-13-12-25(29(38)32-28)36-21-24-23(30(36)39)9-4-11-27(24)41-20-6-15-34-14-5-10-26(34)31(40)35-18-16-33(17-19-35)22-7-2-1-3-8-22/h1-4,7-9,11,25-26H,5-6,10,12-21H2,(H,32,37,38)/t25?,26-/m1/s1/i1D,2D,3D,7D,8D. The fraction of sp³-hybridized carbons (Fsp3) is 0.484. The Hall–Kier alpha value is -3.92. The van der Waals surface area contributed by atoms with Crippen LogP contribution in [0, 0.1) is 0 Å². The summed E-state index contributed by atoms with van der Waals surface area (Å²) < 4.78 is 46.4. The number of fused-ring (bicyclic) bond motifs is 1. The Morgan fingerprint density at radius 2 is 1.83 bits per heavy atom. The summed E-state index contributed by atoms with van der Waals surface area (Å²) in [5.74, 6) is -0.391. The van der Waals surface area contributed by atoms with Gasteiger partial charge in [0.25, 0.3) is 5.91 Å². The lowest BCUT2D eigenvalue weighted by atomic mass is 10.0. The molecular formula is C31H37N5O5. The Labute approximate surface area is 247 Å². The molecule has 2 aromatic rings. The number of anilines is 1. The second-order valence-electron chi connectivity index (χ2n) is 10.9. The van der Waals surface area contributed by atoms with E-state index in [9.17, 15) is 19.2 Å². The second kappa shape index (κ2) is 11.9. The Morgan fingerprint density at radius 1 is 1.02 bits per heavy atom. The van der Waals surface area contributed by atoms with Crippen LogP contribution in [0.4, 0.5) is 5.69 Å². The molecule has 2 aromatic carbocycles. The Morgan fingerprint density at radius 3 is 2.61 bits per heavy atom. The molecule has 4 amide bonds. The first-order chi connectivity index (χ1) is 22.1. The van der Waals surface area contributed by atoms with Crippen LogP contribution >= 0.6 is 0 Å². The fourth-order valence-electron chi connectivity index (χ4n) is 6.28. The van der Waals surface area contributed by atoms with Gasteiger partial charge in [0.15, 0.2) is 0 Å². The number of likely N-dealkylation sites (tertiary alicyclic amines) is 1. The summed E-state index contributed by atoms with van der Waals surface area (Å²) in [6.07, 6.45) is 2.82. The van der Waals surface area contributed by atoms with Crippen molar-refractivity contribution in [2.24, 2.45) is 0 Å². The number of hydrogen-bond acceptors (Lipinski definition) is 7. The molecule has 216 valence electrons. The molecule has 4 heterocycles. The monoisotopic (exact) mass is 564 g/mol. The highest BCUT2D eigenvalue weighted by molar-refractivity contribution is 6.05. The molecule has 0 aromatic heterocycles. The van der Waals surface area contributed by atoms with E-state index in [2.05, 4.69) is 10.2 Å². The molecule has 4 aliphatic heterocycles. The lowest BCUT2D eigenvalue weighted by Gasteiger charge is -2.38. The summed E-state index contributed by atoms with van der Waals surface area (Å²) in [7, 11) is 0. The van der Waals surface area contributed by atoms with Gasteiger partial charge in [0.1, 0.15) is 11.8 Å². The molecule has 10 heteroatoms. The molecule has 10 nitrogen and oxygen atoms in total. The van der Waals surface area contributed by atoms with E-state index in [1.54, 1.807) is 17.0 Å². The van der Waals surface area contributed by atoms with E-state index in [0.717, 1.165) is 24.9 Å². The third-order valence-corrected chi connectivity index (χ3v) is 8.43. The summed E-state index contributed by atoms with van der Waals surface area (Å²) in [5.41, 5.74) is 1.41. The largest absolute Gasteiger partial charge is 0.493 e. The van der Waals surface area contributed by atoms with E-state index in [0.29, 0.717) is 63.5 Å². The molecule has 41 heavy (non-hydrogen) atoms. The molecule has 1 unspecified atom stereocenters. The Kier molecular flexibility index (Phi) is 6.32. The second-order valence-corrected chi connectivity index (χ2v) is 10.9. The number of benzene rings is 2. The van der Waals surface area contributed by atoms with Crippen LogP contribution in [-0.2, 0) is 20.9 Å². The number of amides is 4. The highest BCUT2D eigenvalue weighted by atomic mass is 16.5. The van der Waals surface area contributed by atoms with E-state index in [1.807, 2.05) is 11.0 Å². The van der Waals surface area contributed by atoms with Crippen LogP contribution in [0.3, 0.4) is 0 Å². The number of nitrogens with one attached hydrogen (secondary N) is 1. The van der Waals surface area contributed by atoms with Gasteiger partial charge in [-0.05, 0) is 56.4 Å². The smallest absolute Gasteiger partial charge is 0.255 e. The molecular weight excluding hydrogens is 522 g/mol. The number of para-hydroxylation sites is 1. The molecule has 6 rings (SSSR count). The lowest BCUT2D eigenvalue weighted by molar-refractivity contribution is -0.137. The van der Waals surface area contributed by atoms with Gasteiger partial charge in [-0.1, -0.05) is 24.2 Å². The number of carbonyl (C=O) groups is 4. The average Bonchev–Trinajstić information content (AvgIpc) is 3.66. The summed E-state index contributed by atoms with van der Waals surface area (Å²) in [6.45, 7) is 3.66. The van der Waals surface area contributed by atoms with E-state index in [-0.39, 0.29) is 66.6 Å². The third-order valence-electron chi connectivity index (χ3n) is 8.43. The van der Waals surface area contributed by atoms with Gasteiger partial charge in [0, 0.05) is 56.0 Å². The van der Waals surface area contributed by atoms with Crippen LogP contribution in [-0.4, -0.2) is 96.3 Å². The number of piperazine rings is 1. The molecule has 0 spiro atoms. The normalized spacial score (nSPS) is 24.8. The quantitative estimate of drug-likeness (QED) is 0.387. The number of ether oxygens (including phenoxy) is 1. The van der Waals surface area contributed by atoms with Crippen molar-refractivity contribution in [2.45, 2.75) is 50.7 Å². The topological polar surface area (TPSA) is 102 Å². The van der Waals surface area contributed by atoms with Gasteiger partial charge in [-0.25, -0.2) is 0 Å². The van der Waals surface area contributed by atoms with Crippen molar-refractivity contribution in [1.29, 1.82) is 0 Å². The fourth-order valence-corrected chi connectivity index (χ4v) is 6.28. The molecule has 4 aliphatic rings. The van der Waals surface area contributed by atoms with Gasteiger partial charge in [-0.2, -0.15) is 0 Å². The molecule has 1 N–H and O–H groups in total. The Balaban J connectivity index is 1.01. The van der Waals surface area contributed by atoms with E-state index < -0.39 is 18.0 Å². The maximum absolute atomic E-state index is 13.5. The minimum absolute atomic E-state index is 0.0482. The molecule has 3 saturated heterocycles. The zero-order valence-corrected chi connectivity index (χ0v) is 22.9. The number of nitrogens with zero attached hydrogens (tertiary/aromatic N) is 4. The third kappa shape index (κ3) is 5.66. The average molecular weight is 565 g/mol. The van der Waals surface area contributed by atoms with Crippen LogP contribution in [0.5, 0.6) is 5.75 Å². The van der Waals surface area contributed by atoms with Crippen LogP contribution in [0.25, 0.3) is 0 Å². The molecule has 0 radical (unpaired) electrons. The first-order valence-corrected chi connectivity index (χ1v) is 14.3. The summed E-state index contributed by atoms with van der Waals surface area (Å²) >= 11 is 0. The summed E-state index contributed by atoms with van der Waals surface area (Å²) in [6, 6.07) is 2.76. The number of carbonyl (C=O) groups excluding carboxylic acids is 4. The van der Waals surface area contributed by atoms with Crippen molar-refractivity contribution >= 4 is 29.3 Å². The summed E-state index contributed by atoms with van der Waals surface area (Å²) in [4.78, 5) is 57.9. The van der Waals surface area contributed by atoms with E-state index >= 15 is 0 Å². The van der Waals surface area contributed by atoms with Crippen molar-refractivity contribution in [3.05, 3.63) is 59.5 Å². The molecule has 3 fully saturated rings. The van der Waals surface area contributed by atoms with Crippen molar-refractivity contribution in [1.82, 2.24) is 20.0 Å². The highest BCUT2D eigenvalue weighted by Gasteiger charge is 2.40. The molecule has 0 bridgehead atoms. The van der Waals surface area contributed by atoms with Crippen molar-refractivity contribution in [3.8, 4) is 5.75 Å². The number of rotatable bonds is 8. The zero-order valence-electron chi connectivity index (χ0n) is 27.9. The maximum Gasteiger partial charge on any atom is 0.255 e. The SMILES string of the molecule is [2H]c1c([2H])c([2H])c(N2CCN(C(=O)[C@H]3CCCN3CCCOc3cccc4c3CN(C3CCC(=O)NC3=O)C4=O)CC2)c([2H])c1[2H]. The van der Waals surface area contributed by atoms with Gasteiger partial charge >= 0.3 is 0 Å². The maximum atomic E-state index is 13.5. The first-order valence-electron chi connectivity index (χ1n) is 16.8. The van der Waals surface area contributed by atoms with Gasteiger partial charge in [0.2, 0.25) is 17.7 Å². The van der Waals surface area contributed by atoms with Crippen LogP contribution in [0.15, 0.2) is 48.4 Å². The van der Waals surface area contributed by atoms with Gasteiger partial charge < -0.3 is 19.4 Å². The molecule has 0 aliphatic carbocycles. The molecule has 0 saturated carbocycles. The molecule has 2 atom stereocenters. The van der Waals surface area contributed by atoms with Gasteiger partial charge in [-0.15, -0.1) is 0 Å². The van der Waals surface area contributed by atoms with Crippen molar-refractivity contribution in [3.63, 3.8) is 0 Å². The Bertz CT molecular complexity index is 1550. The predicted octanol–water partition coefficient (Wildman–Crippen LogP) is 2.03. The summed E-state index contributed by atoms with van der Waals surface area (Å²) in [5, 5.41) is 2.32. The van der Waals surface area contributed by atoms with Gasteiger partial charge in [-0.3, -0.25) is 29.4 Å². The van der Waals surface area contributed by atoms with Crippen molar-refractivity contribution in [2.75, 3.05) is 50.8 Å². The zero-order chi connectivity index (χ0) is 32.7. The number of hydrogen-bond donors (Lipinski definition) is 1. The van der Waals surface area contributed by atoms with E-state index in [1.165, 1.54) is 4.90 Å². The van der Waals surface area contributed by atoms with Crippen molar-refractivity contribution < 1.29 is 30.8 Å². The van der Waals surface area contributed by atoms with Crippen LogP contribution in [0.2, 0.25) is 0 Å². The van der Waals surface area contributed by atoms with E-state index in [4.69, 9.17) is 11.6 Å². The minimum Gasteiger partial charge on any atom is -0.493 e. The predicted molar refractivity (Wildman–Crippen MR) is 152 cm³/mol.